The van der Waals surface area contributed by atoms with E-state index in [-0.39, 0.29) is 12.5 Å². The van der Waals surface area contributed by atoms with E-state index >= 15 is 0 Å². The Kier molecular flexibility index (Phi) is 8.48. The second-order valence-electron chi connectivity index (χ2n) is 8.48. The van der Waals surface area contributed by atoms with E-state index < -0.39 is 0 Å². The lowest BCUT2D eigenvalue weighted by atomic mass is 10.0. The van der Waals surface area contributed by atoms with E-state index in [0.717, 1.165) is 22.0 Å². The van der Waals surface area contributed by atoms with Crippen molar-refractivity contribution in [1.82, 2.24) is 10.4 Å². The van der Waals surface area contributed by atoms with Gasteiger partial charge in [-0.15, -0.1) is 0 Å². The van der Waals surface area contributed by atoms with Crippen LogP contribution in [0.2, 0.25) is 15.1 Å². The van der Waals surface area contributed by atoms with Crippen molar-refractivity contribution in [2.75, 3.05) is 0 Å². The third-order valence-corrected chi connectivity index (χ3v) is 7.27. The van der Waals surface area contributed by atoms with Gasteiger partial charge in [0, 0.05) is 26.6 Å². The molecule has 0 bridgehead atoms. The number of aromatic nitrogens is 1. The Morgan fingerprint density at radius 1 is 0.923 bits per heavy atom. The summed E-state index contributed by atoms with van der Waals surface area (Å²) in [7, 11) is 0. The number of nitrogens with one attached hydrogen (secondary N) is 1. The number of carbonyl (C=O) groups excluding carboxylic acids is 1. The first-order chi connectivity index (χ1) is 18.9. The quantitative estimate of drug-likeness (QED) is 0.143. The van der Waals surface area contributed by atoms with Crippen LogP contribution in [0, 0.1) is 0 Å². The van der Waals surface area contributed by atoms with E-state index in [1.54, 1.807) is 36.4 Å². The molecule has 0 saturated carbocycles. The van der Waals surface area contributed by atoms with Crippen molar-refractivity contribution in [3.63, 3.8) is 0 Å². The zero-order chi connectivity index (χ0) is 27.4. The maximum absolute atomic E-state index is 13.2. The van der Waals surface area contributed by atoms with E-state index in [4.69, 9.17) is 44.5 Å². The van der Waals surface area contributed by atoms with E-state index in [0.29, 0.717) is 42.1 Å². The van der Waals surface area contributed by atoms with Gasteiger partial charge in [-0.1, -0.05) is 89.4 Å². The Labute approximate surface area is 248 Å². The van der Waals surface area contributed by atoms with Gasteiger partial charge < -0.3 is 4.74 Å². The average molecular weight is 640 g/mol. The molecule has 0 atom stereocenters. The molecular formula is C30H19BrCl3N3O2. The molecule has 0 saturated heterocycles. The summed E-state index contributed by atoms with van der Waals surface area (Å²) in [5, 5.41) is 6.32. The zero-order valence-corrected chi connectivity index (χ0v) is 24.0. The Balaban J connectivity index is 1.33. The van der Waals surface area contributed by atoms with Crippen LogP contribution in [0.15, 0.2) is 101 Å². The number of rotatable bonds is 7. The molecule has 5 nitrogen and oxygen atoms in total. The summed E-state index contributed by atoms with van der Waals surface area (Å²) in [6.45, 7) is 0.211. The first-order valence-corrected chi connectivity index (χ1v) is 13.7. The Bertz CT molecular complexity index is 1690. The lowest BCUT2D eigenvalue weighted by molar-refractivity contribution is 0.0956. The third-order valence-electron chi connectivity index (χ3n) is 5.82. The molecule has 0 fully saturated rings. The maximum Gasteiger partial charge on any atom is 0.272 e. The standard InChI is InChI=1S/C30H19BrCl3N3O2/c31-24-12-18(13-26(34)29(24)39-17-20-10-11-21(32)14-25(20)33)16-35-37-30(38)23-15-28(19-6-2-1-3-7-19)36-27-9-5-4-8-22(23)27/h1-16H,17H2,(H,37,38)/b35-16+. The summed E-state index contributed by atoms with van der Waals surface area (Å²) < 4.78 is 6.52. The van der Waals surface area contributed by atoms with Crippen LogP contribution in [0.1, 0.15) is 21.5 Å². The minimum atomic E-state index is -0.355. The lowest BCUT2D eigenvalue weighted by Gasteiger charge is -2.12. The highest BCUT2D eigenvalue weighted by Crippen LogP contribution is 2.35. The number of pyridine rings is 1. The number of hydrogen-bond acceptors (Lipinski definition) is 4. The molecule has 1 aromatic heterocycles. The monoisotopic (exact) mass is 637 g/mol. The van der Waals surface area contributed by atoms with E-state index in [9.17, 15) is 4.79 Å². The summed E-state index contributed by atoms with van der Waals surface area (Å²) in [4.78, 5) is 17.9. The summed E-state index contributed by atoms with van der Waals surface area (Å²) in [6.07, 6.45) is 1.51. The topological polar surface area (TPSA) is 63.6 Å². The number of ether oxygens (including phenoxy) is 1. The third kappa shape index (κ3) is 6.43. The minimum Gasteiger partial charge on any atom is -0.486 e. The smallest absolute Gasteiger partial charge is 0.272 e. The second-order valence-corrected chi connectivity index (χ2v) is 10.6. The van der Waals surface area contributed by atoms with E-state index in [1.165, 1.54) is 6.21 Å². The molecule has 1 amide bonds. The van der Waals surface area contributed by atoms with Gasteiger partial charge in [0.15, 0.2) is 5.75 Å². The number of benzene rings is 4. The fourth-order valence-corrected chi connectivity index (χ4v) is 5.38. The maximum atomic E-state index is 13.2. The fourth-order valence-electron chi connectivity index (χ4n) is 3.93. The minimum absolute atomic E-state index is 0.211. The number of carbonyl (C=O) groups is 1. The van der Waals surface area contributed by atoms with Gasteiger partial charge in [-0.05, 0) is 57.9 Å². The van der Waals surface area contributed by atoms with Crippen molar-refractivity contribution in [1.29, 1.82) is 0 Å². The number of hydrogen-bond donors (Lipinski definition) is 1. The van der Waals surface area contributed by atoms with E-state index in [1.807, 2.05) is 54.6 Å². The summed E-state index contributed by atoms with van der Waals surface area (Å²) in [5.74, 6) is 0.104. The van der Waals surface area contributed by atoms with Crippen molar-refractivity contribution >= 4 is 73.8 Å². The van der Waals surface area contributed by atoms with Gasteiger partial charge in [-0.25, -0.2) is 10.4 Å². The van der Waals surface area contributed by atoms with Crippen molar-refractivity contribution in [3.8, 4) is 17.0 Å². The van der Waals surface area contributed by atoms with Gasteiger partial charge >= 0.3 is 0 Å². The molecule has 4 aromatic carbocycles. The van der Waals surface area contributed by atoms with Crippen molar-refractivity contribution in [2.45, 2.75) is 6.61 Å². The molecule has 5 rings (SSSR count). The second kappa shape index (κ2) is 12.2. The van der Waals surface area contributed by atoms with E-state index in [2.05, 4.69) is 26.5 Å². The molecule has 194 valence electrons. The van der Waals surface area contributed by atoms with Crippen molar-refractivity contribution < 1.29 is 9.53 Å². The molecule has 5 aromatic rings. The molecule has 0 aliphatic heterocycles. The van der Waals surface area contributed by atoms with Gasteiger partial charge in [-0.2, -0.15) is 5.10 Å². The first kappa shape index (κ1) is 27.2. The Morgan fingerprint density at radius 2 is 1.69 bits per heavy atom. The molecule has 0 aliphatic carbocycles. The summed E-state index contributed by atoms with van der Waals surface area (Å²) >= 11 is 22.2. The number of halogens is 4. The number of nitrogens with zero attached hydrogens (tertiary/aromatic N) is 2. The highest BCUT2D eigenvalue weighted by atomic mass is 79.9. The Hall–Kier alpha value is -3.42. The molecule has 0 aliphatic rings. The molecule has 1 heterocycles. The predicted molar refractivity (Wildman–Crippen MR) is 162 cm³/mol. The van der Waals surface area contributed by atoms with Gasteiger partial charge in [0.25, 0.3) is 5.91 Å². The highest BCUT2D eigenvalue weighted by molar-refractivity contribution is 9.10. The van der Waals surface area contributed by atoms with Crippen LogP contribution in [-0.4, -0.2) is 17.1 Å². The summed E-state index contributed by atoms with van der Waals surface area (Å²) in [6, 6.07) is 27.7. The molecule has 1 N–H and O–H groups in total. The predicted octanol–water partition coefficient (Wildman–Crippen LogP) is 8.97. The van der Waals surface area contributed by atoms with Crippen LogP contribution in [0.5, 0.6) is 5.75 Å². The van der Waals surface area contributed by atoms with Gasteiger partial charge in [0.2, 0.25) is 0 Å². The molecule has 9 heteroatoms. The fraction of sp³-hybridized carbons (Fsp3) is 0.0333. The van der Waals surface area contributed by atoms with Crippen LogP contribution in [0.4, 0.5) is 0 Å². The zero-order valence-electron chi connectivity index (χ0n) is 20.2. The highest BCUT2D eigenvalue weighted by Gasteiger charge is 2.14. The number of hydrazone groups is 1. The molecule has 0 radical (unpaired) electrons. The summed E-state index contributed by atoms with van der Waals surface area (Å²) in [5.41, 5.74) is 6.87. The van der Waals surface area contributed by atoms with Gasteiger partial charge in [-0.3, -0.25) is 4.79 Å². The number of amides is 1. The van der Waals surface area contributed by atoms with Crippen molar-refractivity contribution in [2.24, 2.45) is 5.10 Å². The number of para-hydroxylation sites is 1. The molecular weight excluding hydrogens is 621 g/mol. The lowest BCUT2D eigenvalue weighted by Crippen LogP contribution is -2.18. The largest absolute Gasteiger partial charge is 0.486 e. The molecule has 0 spiro atoms. The van der Waals surface area contributed by atoms with Gasteiger partial charge in [0.05, 0.1) is 32.5 Å². The molecule has 0 unspecified atom stereocenters. The van der Waals surface area contributed by atoms with Crippen LogP contribution < -0.4 is 10.2 Å². The molecule has 39 heavy (non-hydrogen) atoms. The van der Waals surface area contributed by atoms with Crippen LogP contribution in [0.25, 0.3) is 22.2 Å². The average Bonchev–Trinajstić information content (AvgIpc) is 2.93. The SMILES string of the molecule is O=C(N/N=C/c1cc(Cl)c(OCc2ccc(Cl)cc2Cl)c(Br)c1)c1cc(-c2ccccc2)nc2ccccc12. The van der Waals surface area contributed by atoms with Crippen LogP contribution in [0.3, 0.4) is 0 Å². The number of fused-ring (bicyclic) bond motifs is 1. The van der Waals surface area contributed by atoms with Crippen LogP contribution >= 0.6 is 50.7 Å². The van der Waals surface area contributed by atoms with Crippen molar-refractivity contribution in [3.05, 3.63) is 127 Å². The first-order valence-electron chi connectivity index (χ1n) is 11.7. The van der Waals surface area contributed by atoms with Gasteiger partial charge in [0.1, 0.15) is 6.61 Å². The Morgan fingerprint density at radius 3 is 2.46 bits per heavy atom. The van der Waals surface area contributed by atoms with Crippen LogP contribution in [-0.2, 0) is 6.61 Å². The normalized spacial score (nSPS) is 11.2.